The molecule has 1 aliphatic carbocycles. The summed E-state index contributed by atoms with van der Waals surface area (Å²) < 4.78 is 0. The summed E-state index contributed by atoms with van der Waals surface area (Å²) in [6, 6.07) is -0.0706. The molecule has 2 unspecified atom stereocenters. The second kappa shape index (κ2) is 5.47. The molecule has 1 rings (SSSR count). The van der Waals surface area contributed by atoms with Crippen molar-refractivity contribution >= 4 is 6.03 Å². The van der Waals surface area contributed by atoms with Gasteiger partial charge in [0.2, 0.25) is 0 Å². The van der Waals surface area contributed by atoms with Crippen LogP contribution >= 0.6 is 0 Å². The zero-order chi connectivity index (χ0) is 14.0. The smallest absolute Gasteiger partial charge is 0.315 e. The molecule has 0 aliphatic heterocycles. The molecule has 0 radical (unpaired) electrons. The van der Waals surface area contributed by atoms with E-state index in [0.717, 1.165) is 19.3 Å². The van der Waals surface area contributed by atoms with E-state index in [1.807, 2.05) is 13.8 Å². The molecule has 1 saturated carbocycles. The average molecular weight is 256 g/mol. The predicted octanol–water partition coefficient (Wildman–Crippen LogP) is 2.27. The van der Waals surface area contributed by atoms with E-state index in [9.17, 15) is 9.90 Å². The van der Waals surface area contributed by atoms with Crippen molar-refractivity contribution in [3.63, 3.8) is 0 Å². The summed E-state index contributed by atoms with van der Waals surface area (Å²) in [6.45, 7) is 10.5. The first-order chi connectivity index (χ1) is 8.18. The first-order valence-electron chi connectivity index (χ1n) is 6.88. The SMILES string of the molecule is CC1CC(C)(C)CC(CO)(NC(=O)NC(C)C)C1. The standard InChI is InChI=1S/C14H28N2O2/c1-10(2)15-12(18)16-14(9-17)7-11(3)6-13(4,5)8-14/h10-11,17H,6-9H2,1-5H3,(H2,15,16,18). The number of urea groups is 1. The topological polar surface area (TPSA) is 61.4 Å². The monoisotopic (exact) mass is 256 g/mol. The fraction of sp³-hybridized carbons (Fsp3) is 0.929. The van der Waals surface area contributed by atoms with Crippen LogP contribution in [0.2, 0.25) is 0 Å². The minimum atomic E-state index is -0.472. The van der Waals surface area contributed by atoms with E-state index in [2.05, 4.69) is 31.4 Å². The maximum absolute atomic E-state index is 11.9. The third-order valence-corrected chi connectivity index (χ3v) is 3.56. The van der Waals surface area contributed by atoms with Crippen molar-refractivity contribution in [3.8, 4) is 0 Å². The molecule has 1 aliphatic rings. The summed E-state index contributed by atoms with van der Waals surface area (Å²) in [5.74, 6) is 0.514. The third kappa shape index (κ3) is 4.16. The van der Waals surface area contributed by atoms with Gasteiger partial charge in [0.25, 0.3) is 0 Å². The molecule has 0 aromatic heterocycles. The van der Waals surface area contributed by atoms with E-state index >= 15 is 0 Å². The molecular weight excluding hydrogens is 228 g/mol. The van der Waals surface area contributed by atoms with Gasteiger partial charge in [-0.1, -0.05) is 20.8 Å². The highest BCUT2D eigenvalue weighted by molar-refractivity contribution is 5.75. The molecule has 0 heterocycles. The van der Waals surface area contributed by atoms with E-state index in [4.69, 9.17) is 0 Å². The van der Waals surface area contributed by atoms with Crippen LogP contribution in [-0.4, -0.2) is 29.3 Å². The molecule has 3 N–H and O–H groups in total. The van der Waals surface area contributed by atoms with Crippen molar-refractivity contribution in [2.45, 2.75) is 65.5 Å². The Hall–Kier alpha value is -0.770. The van der Waals surface area contributed by atoms with Gasteiger partial charge in [-0.2, -0.15) is 0 Å². The summed E-state index contributed by atoms with van der Waals surface area (Å²) in [5, 5.41) is 15.6. The van der Waals surface area contributed by atoms with Gasteiger partial charge < -0.3 is 15.7 Å². The largest absolute Gasteiger partial charge is 0.394 e. The van der Waals surface area contributed by atoms with E-state index in [1.54, 1.807) is 0 Å². The minimum absolute atomic E-state index is 0.00624. The normalized spacial score (nSPS) is 31.2. The van der Waals surface area contributed by atoms with Crippen LogP contribution in [0.15, 0.2) is 0 Å². The van der Waals surface area contributed by atoms with Crippen molar-refractivity contribution in [3.05, 3.63) is 0 Å². The van der Waals surface area contributed by atoms with Gasteiger partial charge in [0.05, 0.1) is 12.1 Å². The fourth-order valence-corrected chi connectivity index (χ4v) is 3.54. The fourth-order valence-electron chi connectivity index (χ4n) is 3.54. The summed E-state index contributed by atoms with van der Waals surface area (Å²) in [6.07, 6.45) is 2.81. The average Bonchev–Trinajstić information content (AvgIpc) is 2.12. The van der Waals surface area contributed by atoms with Gasteiger partial charge in [-0.05, 0) is 44.4 Å². The van der Waals surface area contributed by atoms with Crippen molar-refractivity contribution in [1.29, 1.82) is 0 Å². The van der Waals surface area contributed by atoms with Crippen LogP contribution in [0.4, 0.5) is 4.79 Å². The first-order valence-corrected chi connectivity index (χ1v) is 6.88. The van der Waals surface area contributed by atoms with Crippen LogP contribution in [0.5, 0.6) is 0 Å². The number of carbonyl (C=O) groups is 1. The summed E-state index contributed by atoms with van der Waals surface area (Å²) in [7, 11) is 0. The molecule has 4 heteroatoms. The molecule has 18 heavy (non-hydrogen) atoms. The Morgan fingerprint density at radius 1 is 1.39 bits per heavy atom. The maximum Gasteiger partial charge on any atom is 0.315 e. The number of carbonyl (C=O) groups excluding carboxylic acids is 1. The van der Waals surface area contributed by atoms with Crippen molar-refractivity contribution in [1.82, 2.24) is 10.6 Å². The molecule has 2 amide bonds. The zero-order valence-electron chi connectivity index (χ0n) is 12.3. The summed E-state index contributed by atoms with van der Waals surface area (Å²) in [4.78, 5) is 11.9. The van der Waals surface area contributed by atoms with Crippen LogP contribution < -0.4 is 10.6 Å². The van der Waals surface area contributed by atoms with Crippen LogP contribution in [0, 0.1) is 11.3 Å². The maximum atomic E-state index is 11.9. The number of aliphatic hydroxyl groups is 1. The van der Waals surface area contributed by atoms with Crippen LogP contribution in [0.3, 0.4) is 0 Å². The van der Waals surface area contributed by atoms with Crippen molar-refractivity contribution in [2.75, 3.05) is 6.61 Å². The van der Waals surface area contributed by atoms with Crippen molar-refractivity contribution < 1.29 is 9.90 Å². The summed E-state index contributed by atoms with van der Waals surface area (Å²) >= 11 is 0. The predicted molar refractivity (Wildman–Crippen MR) is 73.4 cm³/mol. The Morgan fingerprint density at radius 2 is 2.00 bits per heavy atom. The van der Waals surface area contributed by atoms with Crippen LogP contribution in [-0.2, 0) is 0 Å². The molecule has 106 valence electrons. The van der Waals surface area contributed by atoms with Gasteiger partial charge in [-0.3, -0.25) is 0 Å². The van der Waals surface area contributed by atoms with E-state index in [-0.39, 0.29) is 24.1 Å². The number of rotatable bonds is 3. The van der Waals surface area contributed by atoms with Gasteiger partial charge >= 0.3 is 6.03 Å². The van der Waals surface area contributed by atoms with Gasteiger partial charge in [0.15, 0.2) is 0 Å². The molecule has 0 saturated heterocycles. The second-order valence-corrected chi connectivity index (χ2v) is 7.05. The number of amides is 2. The highest BCUT2D eigenvalue weighted by Gasteiger charge is 2.43. The Morgan fingerprint density at radius 3 is 2.44 bits per heavy atom. The Bertz CT molecular complexity index is 302. The van der Waals surface area contributed by atoms with Gasteiger partial charge in [-0.25, -0.2) is 4.79 Å². The quantitative estimate of drug-likeness (QED) is 0.725. The van der Waals surface area contributed by atoms with Crippen LogP contribution in [0.1, 0.15) is 53.9 Å². The third-order valence-electron chi connectivity index (χ3n) is 3.56. The molecule has 2 atom stereocenters. The highest BCUT2D eigenvalue weighted by atomic mass is 16.3. The Kier molecular flexibility index (Phi) is 4.65. The van der Waals surface area contributed by atoms with Crippen molar-refractivity contribution in [2.24, 2.45) is 11.3 Å². The van der Waals surface area contributed by atoms with Gasteiger partial charge in [-0.15, -0.1) is 0 Å². The molecule has 0 aromatic carbocycles. The van der Waals surface area contributed by atoms with E-state index in [0.29, 0.717) is 5.92 Å². The Labute approximate surface area is 111 Å². The van der Waals surface area contributed by atoms with E-state index < -0.39 is 5.54 Å². The lowest BCUT2D eigenvalue weighted by Gasteiger charge is -2.47. The van der Waals surface area contributed by atoms with Gasteiger partial charge in [0, 0.05) is 6.04 Å². The Balaban J connectivity index is 2.75. The highest BCUT2D eigenvalue weighted by Crippen LogP contribution is 2.43. The number of hydrogen-bond donors (Lipinski definition) is 3. The number of nitrogens with one attached hydrogen (secondary N) is 2. The molecule has 0 spiro atoms. The number of aliphatic hydroxyl groups excluding tert-OH is 1. The van der Waals surface area contributed by atoms with E-state index in [1.165, 1.54) is 0 Å². The molecular formula is C14H28N2O2. The second-order valence-electron chi connectivity index (χ2n) is 7.05. The lowest BCUT2D eigenvalue weighted by molar-refractivity contribution is 0.0431. The zero-order valence-corrected chi connectivity index (χ0v) is 12.3. The molecule has 1 fully saturated rings. The van der Waals surface area contributed by atoms with Crippen LogP contribution in [0.25, 0.3) is 0 Å². The molecule has 0 bridgehead atoms. The number of hydrogen-bond acceptors (Lipinski definition) is 2. The van der Waals surface area contributed by atoms with Gasteiger partial charge in [0.1, 0.15) is 0 Å². The first kappa shape index (κ1) is 15.3. The molecule has 0 aromatic rings. The summed E-state index contributed by atoms with van der Waals surface area (Å²) in [5.41, 5.74) is -0.314. The molecule has 4 nitrogen and oxygen atoms in total. The lowest BCUT2D eigenvalue weighted by atomic mass is 9.64. The minimum Gasteiger partial charge on any atom is -0.394 e. The lowest BCUT2D eigenvalue weighted by Crippen LogP contribution is -2.59.